The summed E-state index contributed by atoms with van der Waals surface area (Å²) in [6.45, 7) is 8.59. The molecule has 0 heterocycles. The number of hydrogen-bond donors (Lipinski definition) is 0. The lowest BCUT2D eigenvalue weighted by molar-refractivity contribution is 0.653. The summed E-state index contributed by atoms with van der Waals surface area (Å²) in [6.07, 6.45) is 17.1. The molecular formula is C16H33P. The zero-order valence-electron chi connectivity index (χ0n) is 12.2. The van der Waals surface area contributed by atoms with Crippen LogP contribution in [0.25, 0.3) is 0 Å². The lowest BCUT2D eigenvalue weighted by atomic mass is 10.2. The highest BCUT2D eigenvalue weighted by Gasteiger charge is 2.02. The minimum atomic E-state index is 0.164. The molecule has 0 aliphatic carbocycles. The summed E-state index contributed by atoms with van der Waals surface area (Å²) >= 11 is 0. The Kier molecular flexibility index (Phi) is 14.4. The van der Waals surface area contributed by atoms with E-state index in [0.717, 1.165) is 0 Å². The SMILES string of the molecule is C=CP(CCCCCCC)CCCCCCC. The van der Waals surface area contributed by atoms with Gasteiger partial charge in [0.2, 0.25) is 0 Å². The van der Waals surface area contributed by atoms with E-state index in [9.17, 15) is 0 Å². The van der Waals surface area contributed by atoms with Gasteiger partial charge in [-0.05, 0) is 25.2 Å². The Morgan fingerprint density at radius 2 is 1.12 bits per heavy atom. The Labute approximate surface area is 111 Å². The molecule has 0 aromatic rings. The maximum atomic E-state index is 4.02. The molecule has 102 valence electrons. The van der Waals surface area contributed by atoms with Crippen molar-refractivity contribution in [1.82, 2.24) is 0 Å². The normalized spacial score (nSPS) is 11.0. The standard InChI is InChI=1S/C16H33P/c1-4-7-9-11-13-15-17(6-3)16-14-12-10-8-5-2/h6H,3-5,7-16H2,1-2H3. The summed E-state index contributed by atoms with van der Waals surface area (Å²) in [4.78, 5) is 0. The monoisotopic (exact) mass is 256 g/mol. The highest BCUT2D eigenvalue weighted by Crippen LogP contribution is 2.38. The molecule has 0 nitrogen and oxygen atoms in total. The van der Waals surface area contributed by atoms with Crippen LogP contribution in [-0.2, 0) is 0 Å². The van der Waals surface area contributed by atoms with Crippen LogP contribution >= 0.6 is 7.92 Å². The van der Waals surface area contributed by atoms with Crippen molar-refractivity contribution < 1.29 is 0 Å². The highest BCUT2D eigenvalue weighted by atomic mass is 31.1. The van der Waals surface area contributed by atoms with Crippen LogP contribution in [0.1, 0.15) is 78.1 Å². The van der Waals surface area contributed by atoms with E-state index in [1.54, 1.807) is 0 Å². The first-order valence-corrected chi connectivity index (χ1v) is 9.49. The summed E-state index contributed by atoms with van der Waals surface area (Å²) < 4.78 is 0. The van der Waals surface area contributed by atoms with Gasteiger partial charge < -0.3 is 0 Å². The second-order valence-electron chi connectivity index (χ2n) is 5.05. The molecule has 0 aliphatic rings. The Balaban J connectivity index is 3.33. The van der Waals surface area contributed by atoms with Crippen molar-refractivity contribution in [2.75, 3.05) is 12.3 Å². The minimum Gasteiger partial charge on any atom is -0.0986 e. The van der Waals surface area contributed by atoms with E-state index in [2.05, 4.69) is 26.2 Å². The Morgan fingerprint density at radius 1 is 0.706 bits per heavy atom. The van der Waals surface area contributed by atoms with Gasteiger partial charge in [0.1, 0.15) is 0 Å². The predicted octanol–water partition coefficient (Wildman–Crippen LogP) is 6.55. The zero-order valence-corrected chi connectivity index (χ0v) is 13.1. The molecule has 17 heavy (non-hydrogen) atoms. The lowest BCUT2D eigenvalue weighted by Gasteiger charge is -2.12. The molecule has 0 rings (SSSR count). The van der Waals surface area contributed by atoms with Crippen LogP contribution in [0.4, 0.5) is 0 Å². The molecule has 0 radical (unpaired) electrons. The molecule has 0 aromatic heterocycles. The molecule has 0 N–H and O–H groups in total. The van der Waals surface area contributed by atoms with Gasteiger partial charge in [-0.2, -0.15) is 0 Å². The van der Waals surface area contributed by atoms with E-state index in [4.69, 9.17) is 0 Å². The van der Waals surface area contributed by atoms with Gasteiger partial charge in [-0.25, -0.2) is 0 Å². The molecule has 0 atom stereocenters. The molecular weight excluding hydrogens is 223 g/mol. The van der Waals surface area contributed by atoms with E-state index in [1.165, 1.54) is 76.5 Å². The number of rotatable bonds is 13. The van der Waals surface area contributed by atoms with E-state index >= 15 is 0 Å². The van der Waals surface area contributed by atoms with Gasteiger partial charge in [0, 0.05) is 0 Å². The summed E-state index contributed by atoms with van der Waals surface area (Å²) in [5, 5.41) is 0. The number of hydrogen-bond acceptors (Lipinski definition) is 0. The van der Waals surface area contributed by atoms with Crippen molar-refractivity contribution in [2.45, 2.75) is 78.1 Å². The van der Waals surface area contributed by atoms with Gasteiger partial charge in [-0.1, -0.05) is 85.5 Å². The maximum absolute atomic E-state index is 4.02. The molecule has 0 saturated heterocycles. The minimum absolute atomic E-state index is 0.164. The largest absolute Gasteiger partial charge is 0.0986 e. The Hall–Kier alpha value is 0.170. The van der Waals surface area contributed by atoms with Crippen LogP contribution < -0.4 is 0 Å². The summed E-state index contributed by atoms with van der Waals surface area (Å²) in [5.41, 5.74) is 0. The van der Waals surface area contributed by atoms with E-state index in [1.807, 2.05) is 0 Å². The van der Waals surface area contributed by atoms with E-state index in [-0.39, 0.29) is 7.92 Å². The molecule has 0 saturated carbocycles. The third kappa shape index (κ3) is 12.4. The Bertz CT molecular complexity index is 140. The predicted molar refractivity (Wildman–Crippen MR) is 84.4 cm³/mol. The van der Waals surface area contributed by atoms with Gasteiger partial charge in [-0.3, -0.25) is 0 Å². The average Bonchev–Trinajstić information content (AvgIpc) is 2.36. The van der Waals surface area contributed by atoms with Crippen LogP contribution in [0, 0.1) is 0 Å². The molecule has 0 aliphatic heterocycles. The molecule has 1 heteroatoms. The average molecular weight is 256 g/mol. The molecule has 0 bridgehead atoms. The zero-order chi connectivity index (χ0) is 12.8. The first-order valence-electron chi connectivity index (χ1n) is 7.71. The number of unbranched alkanes of at least 4 members (excludes halogenated alkanes) is 8. The molecule has 0 spiro atoms. The molecule has 0 unspecified atom stereocenters. The summed E-state index contributed by atoms with van der Waals surface area (Å²) in [7, 11) is 0.164. The highest BCUT2D eigenvalue weighted by molar-refractivity contribution is 7.60. The second kappa shape index (κ2) is 14.2. The van der Waals surface area contributed by atoms with Crippen molar-refractivity contribution in [3.8, 4) is 0 Å². The van der Waals surface area contributed by atoms with Gasteiger partial charge in [-0.15, -0.1) is 0 Å². The maximum Gasteiger partial charge on any atom is -0.0291 e. The lowest BCUT2D eigenvalue weighted by Crippen LogP contribution is -1.90. The quantitative estimate of drug-likeness (QED) is 0.259. The fraction of sp³-hybridized carbons (Fsp3) is 0.875. The summed E-state index contributed by atoms with van der Waals surface area (Å²) in [6, 6.07) is 0. The van der Waals surface area contributed by atoms with Gasteiger partial charge in [0.25, 0.3) is 0 Å². The third-order valence-corrected chi connectivity index (χ3v) is 5.65. The molecule has 0 fully saturated rings. The topological polar surface area (TPSA) is 0 Å². The van der Waals surface area contributed by atoms with Crippen molar-refractivity contribution in [2.24, 2.45) is 0 Å². The van der Waals surface area contributed by atoms with Crippen LogP contribution in [0.5, 0.6) is 0 Å². The van der Waals surface area contributed by atoms with Crippen LogP contribution in [0.3, 0.4) is 0 Å². The van der Waals surface area contributed by atoms with Crippen molar-refractivity contribution in [3.05, 3.63) is 12.4 Å². The van der Waals surface area contributed by atoms with Crippen molar-refractivity contribution >= 4 is 7.92 Å². The smallest absolute Gasteiger partial charge is 0.0291 e. The fourth-order valence-corrected chi connectivity index (χ4v) is 3.98. The fourth-order valence-electron chi connectivity index (χ4n) is 2.13. The third-order valence-electron chi connectivity index (χ3n) is 3.36. The summed E-state index contributed by atoms with van der Waals surface area (Å²) in [5.74, 6) is 2.26. The van der Waals surface area contributed by atoms with Crippen molar-refractivity contribution in [1.29, 1.82) is 0 Å². The van der Waals surface area contributed by atoms with E-state index < -0.39 is 0 Å². The Morgan fingerprint density at radius 3 is 1.47 bits per heavy atom. The van der Waals surface area contributed by atoms with E-state index in [0.29, 0.717) is 0 Å². The van der Waals surface area contributed by atoms with Crippen LogP contribution in [-0.4, -0.2) is 12.3 Å². The first-order chi connectivity index (χ1) is 8.35. The molecule has 0 amide bonds. The van der Waals surface area contributed by atoms with Gasteiger partial charge in [0.15, 0.2) is 0 Å². The van der Waals surface area contributed by atoms with Crippen molar-refractivity contribution in [3.63, 3.8) is 0 Å². The molecule has 0 aromatic carbocycles. The van der Waals surface area contributed by atoms with Gasteiger partial charge >= 0.3 is 0 Å². The van der Waals surface area contributed by atoms with Crippen LogP contribution in [0.2, 0.25) is 0 Å². The van der Waals surface area contributed by atoms with Crippen LogP contribution in [0.15, 0.2) is 12.4 Å². The van der Waals surface area contributed by atoms with Gasteiger partial charge in [0.05, 0.1) is 0 Å². The first kappa shape index (κ1) is 17.2. The second-order valence-corrected chi connectivity index (χ2v) is 7.48.